The summed E-state index contributed by atoms with van der Waals surface area (Å²) in [5, 5.41) is 3.36. The number of halogens is 6. The number of alkyl halides is 6. The van der Waals surface area contributed by atoms with Gasteiger partial charge in [-0.2, -0.15) is 26.3 Å². The third-order valence-corrected chi connectivity index (χ3v) is 6.32. The Morgan fingerprint density at radius 2 is 1.29 bits per heavy atom. The molecule has 0 aromatic heterocycles. The summed E-state index contributed by atoms with van der Waals surface area (Å²) in [7, 11) is 0. The lowest BCUT2D eigenvalue weighted by molar-refractivity contribution is -0.143. The number of hydrogen-bond donors (Lipinski definition) is 1. The van der Waals surface area contributed by atoms with Crippen molar-refractivity contribution in [2.24, 2.45) is 5.92 Å². The van der Waals surface area contributed by atoms with Crippen molar-refractivity contribution in [3.8, 4) is 0 Å². The molecule has 2 nitrogen and oxygen atoms in total. The van der Waals surface area contributed by atoms with Gasteiger partial charge in [0.05, 0.1) is 23.8 Å². The molecule has 0 saturated carbocycles. The molecule has 0 bridgehead atoms. The second kappa shape index (κ2) is 10.4. The zero-order chi connectivity index (χ0) is 25.1. The van der Waals surface area contributed by atoms with Gasteiger partial charge < -0.3 is 10.1 Å². The number of nitrogens with one attached hydrogen (secondary N) is 1. The van der Waals surface area contributed by atoms with Gasteiger partial charge in [0.15, 0.2) is 0 Å². The number of ether oxygens (including phenoxy) is 1. The van der Waals surface area contributed by atoms with Crippen molar-refractivity contribution in [3.05, 3.63) is 107 Å². The van der Waals surface area contributed by atoms with E-state index < -0.39 is 23.5 Å². The molecule has 4 rings (SSSR count). The van der Waals surface area contributed by atoms with Gasteiger partial charge in [-0.15, -0.1) is 0 Å². The molecule has 0 radical (unpaired) electrons. The summed E-state index contributed by atoms with van der Waals surface area (Å²) in [6.07, 6.45) is -9.55. The molecule has 1 N–H and O–H groups in total. The van der Waals surface area contributed by atoms with Gasteiger partial charge in [0.2, 0.25) is 0 Å². The molecule has 0 aliphatic carbocycles. The average Bonchev–Trinajstić information content (AvgIpc) is 2.84. The van der Waals surface area contributed by atoms with E-state index in [-0.39, 0.29) is 36.2 Å². The fourth-order valence-electron chi connectivity index (χ4n) is 4.71. The Morgan fingerprint density at radius 3 is 1.77 bits per heavy atom. The largest absolute Gasteiger partial charge is 0.416 e. The quantitative estimate of drug-likeness (QED) is 0.372. The van der Waals surface area contributed by atoms with E-state index in [2.05, 4.69) is 5.32 Å². The minimum Gasteiger partial charge on any atom is -0.373 e. The molecule has 3 aromatic carbocycles. The van der Waals surface area contributed by atoms with E-state index in [1.807, 2.05) is 60.7 Å². The van der Waals surface area contributed by atoms with Crippen LogP contribution in [0.1, 0.15) is 40.2 Å². The normalized spacial score (nSPS) is 19.2. The summed E-state index contributed by atoms with van der Waals surface area (Å²) >= 11 is 0. The first-order valence-corrected chi connectivity index (χ1v) is 11.3. The van der Waals surface area contributed by atoms with Crippen molar-refractivity contribution in [1.29, 1.82) is 0 Å². The summed E-state index contributed by atoms with van der Waals surface area (Å²) in [5.74, 6) is -0.121. The van der Waals surface area contributed by atoms with E-state index >= 15 is 0 Å². The number of benzene rings is 3. The summed E-state index contributed by atoms with van der Waals surface area (Å²) in [6, 6.07) is 21.3. The molecule has 0 spiro atoms. The molecule has 1 aliphatic heterocycles. The minimum atomic E-state index is -4.89. The molecule has 1 fully saturated rings. The Hall–Kier alpha value is -2.84. The van der Waals surface area contributed by atoms with E-state index in [9.17, 15) is 26.3 Å². The van der Waals surface area contributed by atoms with Crippen molar-refractivity contribution < 1.29 is 31.1 Å². The van der Waals surface area contributed by atoms with Crippen LogP contribution in [0.15, 0.2) is 78.9 Å². The maximum Gasteiger partial charge on any atom is 0.416 e. The van der Waals surface area contributed by atoms with Gasteiger partial charge in [-0.3, -0.25) is 0 Å². The molecule has 1 heterocycles. The van der Waals surface area contributed by atoms with Crippen molar-refractivity contribution >= 4 is 0 Å². The molecule has 3 aromatic rings. The first kappa shape index (κ1) is 25.3. The van der Waals surface area contributed by atoms with Crippen molar-refractivity contribution in [3.63, 3.8) is 0 Å². The Bertz CT molecular complexity index is 1030. The summed E-state index contributed by atoms with van der Waals surface area (Å²) in [5.41, 5.74) is -0.683. The van der Waals surface area contributed by atoms with Gasteiger partial charge in [-0.1, -0.05) is 60.7 Å². The molecule has 186 valence electrons. The average molecular weight is 493 g/mol. The van der Waals surface area contributed by atoms with Crippen LogP contribution in [0, 0.1) is 5.92 Å². The third-order valence-electron chi connectivity index (χ3n) is 6.32. The van der Waals surface area contributed by atoms with E-state index in [1.165, 1.54) is 0 Å². The molecular weight excluding hydrogens is 468 g/mol. The van der Waals surface area contributed by atoms with Crippen LogP contribution >= 0.6 is 0 Å². The van der Waals surface area contributed by atoms with Crippen LogP contribution in [0.4, 0.5) is 26.3 Å². The molecule has 1 saturated heterocycles. The fraction of sp³-hybridized carbons (Fsp3) is 0.333. The predicted molar refractivity (Wildman–Crippen MR) is 121 cm³/mol. The van der Waals surface area contributed by atoms with Crippen molar-refractivity contribution in [1.82, 2.24) is 5.32 Å². The standard InChI is InChI=1S/C27H25F6NO/c28-26(29,30)21-13-18(14-22(15-21)27(31,32)33)17-35-24-11-12-34-16-23(24)25(19-7-3-1-4-8-19)20-9-5-2-6-10-20/h1-10,13-15,23-25,34H,11-12,16-17H2/t23-,24+/m1/s1. The van der Waals surface area contributed by atoms with Crippen LogP contribution < -0.4 is 5.32 Å². The molecule has 2 atom stereocenters. The summed E-state index contributed by atoms with van der Waals surface area (Å²) < 4.78 is 85.6. The van der Waals surface area contributed by atoms with Gasteiger partial charge in [0.1, 0.15) is 0 Å². The minimum absolute atomic E-state index is 0.0533. The van der Waals surface area contributed by atoms with E-state index in [0.29, 0.717) is 19.5 Å². The van der Waals surface area contributed by atoms with Crippen LogP contribution in [-0.2, 0) is 23.7 Å². The predicted octanol–water partition coefficient (Wildman–Crippen LogP) is 7.05. The monoisotopic (exact) mass is 493 g/mol. The summed E-state index contributed by atoms with van der Waals surface area (Å²) in [4.78, 5) is 0. The van der Waals surface area contributed by atoms with Crippen LogP contribution in [0.5, 0.6) is 0 Å². The Morgan fingerprint density at radius 1 is 0.771 bits per heavy atom. The number of rotatable bonds is 6. The highest BCUT2D eigenvalue weighted by Crippen LogP contribution is 2.39. The van der Waals surface area contributed by atoms with Crippen molar-refractivity contribution in [2.75, 3.05) is 13.1 Å². The lowest BCUT2D eigenvalue weighted by Gasteiger charge is -2.38. The first-order valence-electron chi connectivity index (χ1n) is 11.3. The lowest BCUT2D eigenvalue weighted by atomic mass is 9.76. The van der Waals surface area contributed by atoms with Crippen LogP contribution in [0.2, 0.25) is 0 Å². The smallest absolute Gasteiger partial charge is 0.373 e. The maximum atomic E-state index is 13.3. The van der Waals surface area contributed by atoms with Gasteiger partial charge in [-0.05, 0) is 47.9 Å². The summed E-state index contributed by atoms with van der Waals surface area (Å²) in [6.45, 7) is 0.911. The van der Waals surface area contributed by atoms with Crippen LogP contribution in [0.25, 0.3) is 0 Å². The second-order valence-corrected chi connectivity index (χ2v) is 8.72. The maximum absolute atomic E-state index is 13.3. The molecule has 1 aliphatic rings. The van der Waals surface area contributed by atoms with Crippen molar-refractivity contribution in [2.45, 2.75) is 37.4 Å². The molecule has 0 unspecified atom stereocenters. The molecule has 0 amide bonds. The number of piperidine rings is 1. The zero-order valence-corrected chi connectivity index (χ0v) is 18.7. The second-order valence-electron chi connectivity index (χ2n) is 8.72. The van der Waals surface area contributed by atoms with E-state index in [0.717, 1.165) is 23.3 Å². The highest BCUT2D eigenvalue weighted by atomic mass is 19.4. The Balaban J connectivity index is 1.62. The Kier molecular flexibility index (Phi) is 7.52. The SMILES string of the molecule is FC(F)(F)c1cc(CO[C@H]2CCNC[C@H]2C(c2ccccc2)c2ccccc2)cc(C(F)(F)F)c1. The van der Waals surface area contributed by atoms with Gasteiger partial charge >= 0.3 is 12.4 Å². The molecule has 8 heteroatoms. The Labute approximate surface area is 199 Å². The van der Waals surface area contributed by atoms with E-state index in [1.54, 1.807) is 0 Å². The van der Waals surface area contributed by atoms with Gasteiger partial charge in [0.25, 0.3) is 0 Å². The highest BCUT2D eigenvalue weighted by Gasteiger charge is 2.38. The first-order chi connectivity index (χ1) is 16.6. The van der Waals surface area contributed by atoms with Crippen LogP contribution in [0.3, 0.4) is 0 Å². The van der Waals surface area contributed by atoms with Crippen LogP contribution in [-0.4, -0.2) is 19.2 Å². The molecular formula is C27H25F6NO. The highest BCUT2D eigenvalue weighted by molar-refractivity contribution is 5.35. The topological polar surface area (TPSA) is 21.3 Å². The fourth-order valence-corrected chi connectivity index (χ4v) is 4.71. The lowest BCUT2D eigenvalue weighted by Crippen LogP contribution is -2.44. The van der Waals surface area contributed by atoms with Gasteiger partial charge in [-0.25, -0.2) is 0 Å². The van der Waals surface area contributed by atoms with E-state index in [4.69, 9.17) is 4.74 Å². The zero-order valence-electron chi connectivity index (χ0n) is 18.7. The molecule has 35 heavy (non-hydrogen) atoms. The number of hydrogen-bond acceptors (Lipinski definition) is 2. The van der Waals surface area contributed by atoms with Gasteiger partial charge in [0, 0.05) is 18.4 Å². The third kappa shape index (κ3) is 6.24.